The van der Waals surface area contributed by atoms with Gasteiger partial charge in [-0.2, -0.15) is 11.8 Å². The molecule has 2 nitrogen and oxygen atoms in total. The zero-order chi connectivity index (χ0) is 14.7. The molecule has 1 saturated heterocycles. The highest BCUT2D eigenvalue weighted by molar-refractivity contribution is 9.10. The van der Waals surface area contributed by atoms with Crippen LogP contribution in [0.2, 0.25) is 0 Å². The Hall–Kier alpha value is -0.130. The molecule has 0 spiro atoms. The Balaban J connectivity index is 2.06. The molecule has 0 saturated carbocycles. The second-order valence-corrected chi connectivity index (χ2v) is 8.88. The van der Waals surface area contributed by atoms with Crippen molar-refractivity contribution in [2.24, 2.45) is 0 Å². The van der Waals surface area contributed by atoms with Gasteiger partial charge >= 0.3 is 0 Å². The molecule has 1 fully saturated rings. The van der Waals surface area contributed by atoms with Crippen LogP contribution in [-0.2, 0) is 11.2 Å². The van der Waals surface area contributed by atoms with Gasteiger partial charge in [-0.3, -0.25) is 4.79 Å². The fourth-order valence-corrected chi connectivity index (χ4v) is 5.44. The second-order valence-electron chi connectivity index (χ2n) is 4.97. The van der Waals surface area contributed by atoms with Crippen molar-refractivity contribution >= 4 is 45.2 Å². The van der Waals surface area contributed by atoms with Crippen molar-refractivity contribution in [2.75, 3.05) is 12.9 Å². The van der Waals surface area contributed by atoms with E-state index >= 15 is 0 Å². The third kappa shape index (κ3) is 3.95. The smallest absolute Gasteiger partial charge is 0.151 e. The average Bonchev–Trinajstić information content (AvgIpc) is 2.42. The molecule has 1 heterocycles. The van der Waals surface area contributed by atoms with E-state index in [1.54, 1.807) is 7.11 Å². The number of methoxy groups -OCH3 is 1. The third-order valence-corrected chi connectivity index (χ3v) is 7.45. The lowest BCUT2D eigenvalue weighted by molar-refractivity contribution is -0.117. The zero-order valence-electron chi connectivity index (χ0n) is 11.9. The van der Waals surface area contributed by atoms with E-state index in [0.29, 0.717) is 22.7 Å². The molecular weight excluding hydrogens is 356 g/mol. The van der Waals surface area contributed by atoms with E-state index in [0.717, 1.165) is 21.5 Å². The van der Waals surface area contributed by atoms with Gasteiger partial charge in [-0.25, -0.2) is 0 Å². The molecule has 0 aliphatic carbocycles. The zero-order valence-corrected chi connectivity index (χ0v) is 15.1. The predicted octanol–water partition coefficient (Wildman–Crippen LogP) is 4.19. The van der Waals surface area contributed by atoms with E-state index in [-0.39, 0.29) is 5.25 Å². The van der Waals surface area contributed by atoms with E-state index in [1.807, 2.05) is 41.7 Å². The summed E-state index contributed by atoms with van der Waals surface area (Å²) in [6.07, 6.45) is 0.446. The molecule has 1 aromatic rings. The fraction of sp³-hybridized carbons (Fsp3) is 0.533. The topological polar surface area (TPSA) is 26.3 Å². The normalized spacial score (nSPS) is 26.3. The molecule has 110 valence electrons. The Morgan fingerprint density at radius 3 is 2.80 bits per heavy atom. The summed E-state index contributed by atoms with van der Waals surface area (Å²) in [6.45, 7) is 4.45. The second kappa shape index (κ2) is 7.23. The summed E-state index contributed by atoms with van der Waals surface area (Å²) in [5.41, 5.74) is 0.962. The van der Waals surface area contributed by atoms with Gasteiger partial charge in [0.25, 0.3) is 0 Å². The Kier molecular flexibility index (Phi) is 5.87. The summed E-state index contributed by atoms with van der Waals surface area (Å²) >= 11 is 7.17. The van der Waals surface area contributed by atoms with Gasteiger partial charge in [-0.05, 0) is 18.2 Å². The summed E-state index contributed by atoms with van der Waals surface area (Å²) in [6, 6.07) is 5.81. The van der Waals surface area contributed by atoms with Crippen LogP contribution >= 0.6 is 39.5 Å². The lowest BCUT2D eigenvalue weighted by Gasteiger charge is -2.30. The number of hydrogen-bond donors (Lipinski definition) is 0. The van der Waals surface area contributed by atoms with Gasteiger partial charge in [0.2, 0.25) is 0 Å². The summed E-state index contributed by atoms with van der Waals surface area (Å²) in [5, 5.41) is 1.27. The molecule has 0 radical (unpaired) electrons. The first-order valence-electron chi connectivity index (χ1n) is 6.63. The first kappa shape index (κ1) is 16.2. The Morgan fingerprint density at radius 1 is 1.40 bits per heavy atom. The van der Waals surface area contributed by atoms with Crippen molar-refractivity contribution in [1.29, 1.82) is 0 Å². The van der Waals surface area contributed by atoms with E-state index in [9.17, 15) is 4.79 Å². The number of thioether (sulfide) groups is 2. The van der Waals surface area contributed by atoms with Crippen molar-refractivity contribution in [3.8, 4) is 5.75 Å². The predicted molar refractivity (Wildman–Crippen MR) is 92.2 cm³/mol. The number of carbonyl (C=O) groups excluding carboxylic acids is 1. The number of ether oxygens (including phenoxy) is 1. The van der Waals surface area contributed by atoms with Crippen molar-refractivity contribution < 1.29 is 9.53 Å². The molecule has 1 aliphatic rings. The minimum Gasteiger partial charge on any atom is -0.496 e. The minimum atomic E-state index is 0.106. The van der Waals surface area contributed by atoms with Crippen LogP contribution in [0.25, 0.3) is 0 Å². The molecule has 0 aromatic heterocycles. The molecule has 1 aromatic carbocycles. The van der Waals surface area contributed by atoms with Gasteiger partial charge in [0.1, 0.15) is 5.75 Å². The number of ketones is 1. The Bertz CT molecular complexity index is 493. The van der Waals surface area contributed by atoms with Gasteiger partial charge in [-0.1, -0.05) is 29.8 Å². The standard InChI is InChI=1S/C15H19BrO2S2/c1-9-10(2)20-15(8-19-9)13(17)7-11-6-12(16)4-5-14(11)18-3/h4-6,9-10,15H,7-8H2,1-3H3. The summed E-state index contributed by atoms with van der Waals surface area (Å²) in [5.74, 6) is 2.01. The number of benzene rings is 1. The monoisotopic (exact) mass is 374 g/mol. The maximum atomic E-state index is 12.5. The molecular formula is C15H19BrO2S2. The largest absolute Gasteiger partial charge is 0.496 e. The van der Waals surface area contributed by atoms with Crippen molar-refractivity contribution in [2.45, 2.75) is 36.0 Å². The Morgan fingerprint density at radius 2 is 2.15 bits per heavy atom. The van der Waals surface area contributed by atoms with E-state index in [2.05, 4.69) is 29.8 Å². The van der Waals surface area contributed by atoms with Crippen LogP contribution in [0, 0.1) is 0 Å². The SMILES string of the molecule is COc1ccc(Br)cc1CC(=O)C1CSC(C)C(C)S1. The number of hydrogen-bond acceptors (Lipinski definition) is 4. The van der Waals surface area contributed by atoms with Crippen molar-refractivity contribution in [3.05, 3.63) is 28.2 Å². The number of halogens is 1. The third-order valence-electron chi connectivity index (χ3n) is 3.52. The van der Waals surface area contributed by atoms with Crippen LogP contribution in [0.5, 0.6) is 5.75 Å². The minimum absolute atomic E-state index is 0.106. The number of carbonyl (C=O) groups is 1. The van der Waals surface area contributed by atoms with Gasteiger partial charge in [-0.15, -0.1) is 11.8 Å². The molecule has 1 aliphatic heterocycles. The van der Waals surface area contributed by atoms with Crippen LogP contribution in [-0.4, -0.2) is 34.4 Å². The molecule has 0 N–H and O–H groups in total. The van der Waals surface area contributed by atoms with Crippen LogP contribution in [0.3, 0.4) is 0 Å². The summed E-state index contributed by atoms with van der Waals surface area (Å²) in [7, 11) is 1.65. The van der Waals surface area contributed by atoms with Crippen LogP contribution in [0.1, 0.15) is 19.4 Å². The summed E-state index contributed by atoms with van der Waals surface area (Å²) < 4.78 is 6.32. The quantitative estimate of drug-likeness (QED) is 0.788. The van der Waals surface area contributed by atoms with Crippen molar-refractivity contribution in [1.82, 2.24) is 0 Å². The molecule has 5 heteroatoms. The van der Waals surface area contributed by atoms with Crippen LogP contribution < -0.4 is 4.74 Å². The molecule has 0 amide bonds. The highest BCUT2D eigenvalue weighted by Crippen LogP contribution is 2.36. The van der Waals surface area contributed by atoms with Crippen LogP contribution in [0.15, 0.2) is 22.7 Å². The number of rotatable bonds is 4. The molecule has 2 rings (SSSR count). The molecule has 3 atom stereocenters. The van der Waals surface area contributed by atoms with Crippen LogP contribution in [0.4, 0.5) is 0 Å². The van der Waals surface area contributed by atoms with Gasteiger partial charge < -0.3 is 4.74 Å². The highest BCUT2D eigenvalue weighted by atomic mass is 79.9. The Labute approximate surface area is 137 Å². The maximum absolute atomic E-state index is 12.5. The van der Waals surface area contributed by atoms with Crippen molar-refractivity contribution in [3.63, 3.8) is 0 Å². The van der Waals surface area contributed by atoms with E-state index < -0.39 is 0 Å². The average molecular weight is 375 g/mol. The highest BCUT2D eigenvalue weighted by Gasteiger charge is 2.30. The maximum Gasteiger partial charge on any atom is 0.151 e. The lowest BCUT2D eigenvalue weighted by Crippen LogP contribution is -2.32. The van der Waals surface area contributed by atoms with E-state index in [4.69, 9.17) is 4.74 Å². The van der Waals surface area contributed by atoms with Gasteiger partial charge in [0.15, 0.2) is 5.78 Å². The van der Waals surface area contributed by atoms with E-state index in [1.165, 1.54) is 0 Å². The fourth-order valence-electron chi connectivity index (χ4n) is 2.14. The lowest BCUT2D eigenvalue weighted by atomic mass is 10.1. The summed E-state index contributed by atoms with van der Waals surface area (Å²) in [4.78, 5) is 12.5. The number of Topliss-reactive ketones (excluding diaryl/α,β-unsaturated/α-hetero) is 1. The van der Waals surface area contributed by atoms with Gasteiger partial charge in [0.05, 0.1) is 12.4 Å². The molecule has 20 heavy (non-hydrogen) atoms. The first-order chi connectivity index (χ1) is 9.51. The molecule has 3 unspecified atom stereocenters. The first-order valence-corrected chi connectivity index (χ1v) is 9.42. The molecule has 0 bridgehead atoms. The van der Waals surface area contributed by atoms with Gasteiger partial charge in [0, 0.05) is 32.7 Å².